The molecule has 0 aliphatic heterocycles. The van der Waals surface area contributed by atoms with Gasteiger partial charge >= 0.3 is 20.4 Å². The summed E-state index contributed by atoms with van der Waals surface area (Å²) in [6, 6.07) is 31.4. The lowest BCUT2D eigenvalue weighted by Gasteiger charge is -2.16. The standard InChI is InChI=1S/C80H102Cl2F2N8O25S2/c1-91-77-59(45-63(51-71(77)101-3)89-69-49-61(11-13-67(69)81)87-53-57-7-5-9-65(43-57)118(83,97)98)47-73(79(91)95)116-55-75(93)85-15-17-103-19-21-105-23-25-107-27-29-109-31-33-111-35-37-113-39-41-115-42-40-114-38-36-112-34-32-110-30-28-108-26-24-106-22-20-104-18-16-86-76(94)56-117-74-48-60-46-64(52-72(102-4)78(60)92(2)80(74)96)90-70-50-62(12-14-68(70)82)88-54-58-8-6-10-66(44-58)119(84,99)100/h5-14,43-52,87-90H,15-42,53-56H2,1-4H3,(H,85,93)(H,86,94). The molecule has 0 atom stereocenters. The summed E-state index contributed by atoms with van der Waals surface area (Å²) in [5, 5.41) is 20.2. The van der Waals surface area contributed by atoms with E-state index in [1.165, 1.54) is 71.9 Å². The normalized spacial score (nSPS) is 11.6. The number of aryl methyl sites for hydroxylation is 2. The summed E-state index contributed by atoms with van der Waals surface area (Å²) in [5.41, 5.74) is 4.51. The number of carbonyl (C=O) groups is 2. The summed E-state index contributed by atoms with van der Waals surface area (Å²) in [4.78, 5) is 51.1. The molecule has 33 nitrogen and oxygen atoms in total. The number of rotatable bonds is 62. The van der Waals surface area contributed by atoms with Crippen molar-refractivity contribution in [2.24, 2.45) is 14.1 Å². The molecule has 6 N–H and O–H groups in total. The molecule has 2 heterocycles. The Morgan fingerprint density at radius 3 is 0.950 bits per heavy atom. The molecule has 0 spiro atoms. The van der Waals surface area contributed by atoms with Crippen molar-refractivity contribution in [1.29, 1.82) is 0 Å². The van der Waals surface area contributed by atoms with Gasteiger partial charge in [-0.1, -0.05) is 47.5 Å². The zero-order valence-corrected chi connectivity index (χ0v) is 69.7. The van der Waals surface area contributed by atoms with Crippen molar-refractivity contribution < 1.29 is 115 Å². The first-order valence-corrected chi connectivity index (χ1v) is 41.5. The summed E-state index contributed by atoms with van der Waals surface area (Å²) in [5.74, 6) is -0.265. The number of carbonyl (C=O) groups excluding carboxylic acids is 2. The molecule has 0 radical (unpaired) electrons. The summed E-state index contributed by atoms with van der Waals surface area (Å²) in [7, 11) is -3.63. The molecule has 2 aromatic heterocycles. The van der Waals surface area contributed by atoms with E-state index >= 15 is 0 Å². The lowest BCUT2D eigenvalue weighted by atomic mass is 10.1. The highest BCUT2D eigenvalue weighted by Gasteiger charge is 2.20. The van der Waals surface area contributed by atoms with Gasteiger partial charge in [0.05, 0.1) is 228 Å². The fourth-order valence-corrected chi connectivity index (χ4v) is 12.6. The van der Waals surface area contributed by atoms with Crippen molar-refractivity contribution >= 4 is 111 Å². The van der Waals surface area contributed by atoms with Crippen LogP contribution in [0.3, 0.4) is 0 Å². The molecule has 0 saturated heterocycles. The maximum Gasteiger partial charge on any atom is 0.332 e. The maximum absolute atomic E-state index is 13.6. The minimum absolute atomic E-state index is 0.0561. The Morgan fingerprint density at radius 2 is 0.664 bits per heavy atom. The van der Waals surface area contributed by atoms with Crippen LogP contribution >= 0.6 is 23.2 Å². The van der Waals surface area contributed by atoms with E-state index in [1.807, 2.05) is 0 Å². The highest BCUT2D eigenvalue weighted by molar-refractivity contribution is 7.86. The number of methoxy groups -OCH3 is 2. The van der Waals surface area contributed by atoms with Crippen LogP contribution in [-0.4, -0.2) is 250 Å². The molecule has 8 aromatic rings. The molecule has 0 unspecified atom stereocenters. The molecule has 8 rings (SSSR count). The second kappa shape index (κ2) is 52.2. The first kappa shape index (κ1) is 95.4. The van der Waals surface area contributed by atoms with Gasteiger partial charge in [-0.3, -0.25) is 19.2 Å². The molecule has 119 heavy (non-hydrogen) atoms. The van der Waals surface area contributed by atoms with Gasteiger partial charge in [-0.15, -0.1) is 7.77 Å². The Kier molecular flexibility index (Phi) is 41.8. The number of pyridine rings is 2. The lowest BCUT2D eigenvalue weighted by molar-refractivity contribution is -0.124. The summed E-state index contributed by atoms with van der Waals surface area (Å²) < 4.78 is 170. The molecule has 0 aliphatic carbocycles. The maximum atomic E-state index is 13.6. The number of fused-ring (bicyclic) bond motifs is 2. The van der Waals surface area contributed by atoms with E-state index in [1.54, 1.807) is 86.9 Å². The summed E-state index contributed by atoms with van der Waals surface area (Å²) in [6.45, 7) is 9.80. The van der Waals surface area contributed by atoms with E-state index < -0.39 is 66.4 Å². The predicted molar refractivity (Wildman–Crippen MR) is 443 cm³/mol. The fourth-order valence-electron chi connectivity index (χ4n) is 11.2. The van der Waals surface area contributed by atoms with Gasteiger partial charge in [0.1, 0.15) is 11.5 Å². The van der Waals surface area contributed by atoms with Gasteiger partial charge in [-0.25, -0.2) is 0 Å². The average molecular weight is 1750 g/mol. The number of amides is 2. The molecule has 6 aromatic carbocycles. The van der Waals surface area contributed by atoms with Crippen LogP contribution in [-0.2, 0) is 119 Å². The Labute approximate surface area is 698 Å². The Bertz CT molecular complexity index is 4570. The van der Waals surface area contributed by atoms with Crippen LogP contribution in [0.15, 0.2) is 141 Å². The number of nitrogens with one attached hydrogen (secondary N) is 6. The lowest BCUT2D eigenvalue weighted by Crippen LogP contribution is -2.33. The Hall–Kier alpha value is -9.10. The number of hydrogen-bond donors (Lipinski definition) is 6. The number of halogens is 4. The minimum Gasteiger partial charge on any atom is -0.494 e. The highest BCUT2D eigenvalue weighted by atomic mass is 35.5. The van der Waals surface area contributed by atoms with Gasteiger partial charge in [0.25, 0.3) is 22.9 Å². The zero-order chi connectivity index (χ0) is 85.0. The van der Waals surface area contributed by atoms with Crippen LogP contribution < -0.4 is 62.0 Å². The number of nitrogens with zero attached hydrogens (tertiary/aromatic N) is 2. The largest absolute Gasteiger partial charge is 0.494 e. The summed E-state index contributed by atoms with van der Waals surface area (Å²) in [6.07, 6.45) is 0. The first-order valence-electron chi connectivity index (χ1n) is 38.0. The van der Waals surface area contributed by atoms with Crippen LogP contribution in [0.25, 0.3) is 21.8 Å². The number of benzene rings is 6. The topological polar surface area (TPSA) is 376 Å². The SMILES string of the molecule is COc1cc(Nc2cc(NCc3cccc(S(=O)(=O)F)c3)ccc2Cl)cc2cc(OCC(=O)NCCOCCOCCOCCOCCOCCOCCOCCOCCOCCOCCOCCOCCOCCNC(=O)COc3cc4cc(Nc5cc(NCc6cccc(S(=O)(=O)F)c6)ccc5Cl)cc(OC)c4n(C)c3=O)c(=O)n(C)c12. The third-order valence-corrected chi connectivity index (χ3v) is 19.4. The average Bonchev–Trinajstić information content (AvgIpc) is 0.773. The highest BCUT2D eigenvalue weighted by Crippen LogP contribution is 2.37. The molecular formula is C80H102Cl2F2N8O25S2. The fraction of sp³-hybridized carbons (Fsp3) is 0.450. The number of aromatic nitrogens is 2. The van der Waals surface area contributed by atoms with Gasteiger partial charge in [-0.2, -0.15) is 16.8 Å². The molecule has 39 heteroatoms. The van der Waals surface area contributed by atoms with E-state index in [-0.39, 0.29) is 50.9 Å². The zero-order valence-electron chi connectivity index (χ0n) is 66.6. The van der Waals surface area contributed by atoms with Crippen molar-refractivity contribution in [3.8, 4) is 23.0 Å². The Morgan fingerprint density at radius 1 is 0.370 bits per heavy atom. The smallest absolute Gasteiger partial charge is 0.332 e. The van der Waals surface area contributed by atoms with E-state index in [4.69, 9.17) is 104 Å². The third kappa shape index (κ3) is 34.1. The minimum atomic E-state index is -4.86. The second-order valence-electron chi connectivity index (χ2n) is 25.7. The van der Waals surface area contributed by atoms with Crippen LogP contribution in [0.4, 0.5) is 41.9 Å². The Balaban J connectivity index is 0.521. The quantitative estimate of drug-likeness (QED) is 0.0153. The van der Waals surface area contributed by atoms with E-state index in [2.05, 4.69) is 31.9 Å². The van der Waals surface area contributed by atoms with Gasteiger partial charge in [0.2, 0.25) is 0 Å². The van der Waals surface area contributed by atoms with Crippen molar-refractivity contribution in [2.45, 2.75) is 22.9 Å². The van der Waals surface area contributed by atoms with E-state index in [0.29, 0.717) is 247 Å². The monoisotopic (exact) mass is 1750 g/mol. The van der Waals surface area contributed by atoms with Crippen molar-refractivity contribution in [2.75, 3.05) is 234 Å². The van der Waals surface area contributed by atoms with Gasteiger partial charge in [-0.05, 0) is 96.1 Å². The van der Waals surface area contributed by atoms with Gasteiger partial charge < -0.3 is 122 Å². The first-order chi connectivity index (χ1) is 57.6. The number of hydrogen-bond acceptors (Lipinski definition) is 29. The predicted octanol–water partition coefficient (Wildman–Crippen LogP) is 8.65. The summed E-state index contributed by atoms with van der Waals surface area (Å²) >= 11 is 13.1. The van der Waals surface area contributed by atoms with Crippen LogP contribution in [0.5, 0.6) is 23.0 Å². The molecule has 0 saturated carbocycles. The van der Waals surface area contributed by atoms with E-state index in [0.717, 1.165) is 0 Å². The van der Waals surface area contributed by atoms with Gasteiger partial charge in [0.15, 0.2) is 24.7 Å². The van der Waals surface area contributed by atoms with Crippen LogP contribution in [0.2, 0.25) is 10.0 Å². The van der Waals surface area contributed by atoms with Crippen LogP contribution in [0, 0.1) is 0 Å². The molecule has 652 valence electrons. The van der Waals surface area contributed by atoms with E-state index in [9.17, 15) is 43.8 Å². The van der Waals surface area contributed by atoms with Crippen molar-refractivity contribution in [3.05, 3.63) is 163 Å². The number of ether oxygens (including phenoxy) is 17. The number of anilines is 6. The molecule has 0 aliphatic rings. The molecule has 2 amide bonds. The van der Waals surface area contributed by atoms with Crippen LogP contribution in [0.1, 0.15) is 11.1 Å². The van der Waals surface area contributed by atoms with Crippen molar-refractivity contribution in [3.63, 3.8) is 0 Å². The van der Waals surface area contributed by atoms with Crippen molar-refractivity contribution in [1.82, 2.24) is 19.8 Å². The van der Waals surface area contributed by atoms with Gasteiger partial charge in [0, 0.05) is 85.9 Å². The second-order valence-corrected chi connectivity index (χ2v) is 29.2. The molecule has 0 bridgehead atoms. The third-order valence-electron chi connectivity index (χ3n) is 17.1. The molecule has 0 fully saturated rings. The molecular weight excluding hydrogens is 1650 g/mol.